The van der Waals surface area contributed by atoms with Gasteiger partial charge in [0.05, 0.1) is 0 Å². The fourth-order valence-electron chi connectivity index (χ4n) is 4.91. The summed E-state index contributed by atoms with van der Waals surface area (Å²) in [5.74, 6) is 1.12. The van der Waals surface area contributed by atoms with Crippen LogP contribution in [0.15, 0.2) is 59.6 Å². The maximum Gasteiger partial charge on any atom is 0.222 e. The Kier molecular flexibility index (Phi) is 10.2. The smallest absolute Gasteiger partial charge is 0.222 e. The van der Waals surface area contributed by atoms with Crippen molar-refractivity contribution in [2.45, 2.75) is 64.3 Å². The monoisotopic (exact) mass is 575 g/mol. The average Bonchev–Trinajstić information content (AvgIpc) is 3.23. The summed E-state index contributed by atoms with van der Waals surface area (Å²) in [5, 5.41) is 7.10. The number of guanidine groups is 1. The SMILES string of the molecule is CN=C(NCc1cccc(CN2CCCC2=O)c1)NC1CCN(Cc2ccccc2)C(C)C1.I. The summed E-state index contributed by atoms with van der Waals surface area (Å²) in [6.07, 6.45) is 3.88. The summed E-state index contributed by atoms with van der Waals surface area (Å²) in [6.45, 7) is 6.72. The summed E-state index contributed by atoms with van der Waals surface area (Å²) in [5.41, 5.74) is 3.77. The molecular formula is C27H38IN5O. The predicted molar refractivity (Wildman–Crippen MR) is 149 cm³/mol. The lowest BCUT2D eigenvalue weighted by molar-refractivity contribution is -0.128. The molecule has 4 rings (SSSR count). The van der Waals surface area contributed by atoms with Gasteiger partial charge in [-0.2, -0.15) is 0 Å². The van der Waals surface area contributed by atoms with Gasteiger partial charge in [-0.3, -0.25) is 14.7 Å². The van der Waals surface area contributed by atoms with Gasteiger partial charge >= 0.3 is 0 Å². The molecule has 2 aromatic rings. The minimum Gasteiger partial charge on any atom is -0.354 e. The second-order valence-corrected chi connectivity index (χ2v) is 9.34. The zero-order valence-corrected chi connectivity index (χ0v) is 22.7. The van der Waals surface area contributed by atoms with Crippen molar-refractivity contribution in [2.24, 2.45) is 4.99 Å². The van der Waals surface area contributed by atoms with Crippen molar-refractivity contribution in [1.29, 1.82) is 0 Å². The molecule has 7 heteroatoms. The highest BCUT2D eigenvalue weighted by Gasteiger charge is 2.26. The Morgan fingerprint density at radius 1 is 1.03 bits per heavy atom. The van der Waals surface area contributed by atoms with Gasteiger partial charge in [0.1, 0.15) is 0 Å². The van der Waals surface area contributed by atoms with Gasteiger partial charge in [-0.25, -0.2) is 0 Å². The molecule has 0 spiro atoms. The van der Waals surface area contributed by atoms with Crippen LogP contribution in [0.1, 0.15) is 49.3 Å². The number of hydrogen-bond donors (Lipinski definition) is 2. The highest BCUT2D eigenvalue weighted by atomic mass is 127. The number of nitrogens with zero attached hydrogens (tertiary/aromatic N) is 3. The van der Waals surface area contributed by atoms with E-state index >= 15 is 0 Å². The molecule has 2 aliphatic rings. The Bertz CT molecular complexity index is 951. The fourth-order valence-corrected chi connectivity index (χ4v) is 4.91. The van der Waals surface area contributed by atoms with Crippen LogP contribution < -0.4 is 10.6 Å². The predicted octanol–water partition coefficient (Wildman–Crippen LogP) is 4.15. The average molecular weight is 576 g/mol. The van der Waals surface area contributed by atoms with Gasteiger partial charge in [0, 0.05) is 58.3 Å². The van der Waals surface area contributed by atoms with Crippen molar-refractivity contribution in [3.63, 3.8) is 0 Å². The van der Waals surface area contributed by atoms with Crippen LogP contribution in [-0.4, -0.2) is 53.9 Å². The molecule has 0 bridgehead atoms. The molecular weight excluding hydrogens is 537 g/mol. The van der Waals surface area contributed by atoms with E-state index < -0.39 is 0 Å². The van der Waals surface area contributed by atoms with E-state index in [0.29, 0.717) is 31.6 Å². The third-order valence-corrected chi connectivity index (χ3v) is 6.80. The van der Waals surface area contributed by atoms with E-state index in [1.165, 1.54) is 16.7 Å². The number of aliphatic imine (C=N–C) groups is 1. The fraction of sp³-hybridized carbons (Fsp3) is 0.481. The highest BCUT2D eigenvalue weighted by Crippen LogP contribution is 2.20. The van der Waals surface area contributed by atoms with E-state index in [4.69, 9.17) is 0 Å². The zero-order chi connectivity index (χ0) is 23.0. The lowest BCUT2D eigenvalue weighted by atomic mass is 9.97. The number of nitrogens with one attached hydrogen (secondary N) is 2. The summed E-state index contributed by atoms with van der Waals surface area (Å²) in [6, 6.07) is 20.2. The molecule has 2 atom stereocenters. The number of rotatable bonds is 7. The Morgan fingerprint density at radius 2 is 1.79 bits per heavy atom. The molecule has 2 N–H and O–H groups in total. The van der Waals surface area contributed by atoms with E-state index in [9.17, 15) is 4.79 Å². The minimum absolute atomic E-state index is 0. The van der Waals surface area contributed by atoms with Gasteiger partial charge in [0.2, 0.25) is 5.91 Å². The van der Waals surface area contributed by atoms with E-state index in [-0.39, 0.29) is 29.9 Å². The Morgan fingerprint density at radius 3 is 2.50 bits per heavy atom. The van der Waals surface area contributed by atoms with Crippen molar-refractivity contribution in [1.82, 2.24) is 20.4 Å². The molecule has 2 aromatic carbocycles. The van der Waals surface area contributed by atoms with Gasteiger partial charge in [-0.15, -0.1) is 24.0 Å². The lowest BCUT2D eigenvalue weighted by Crippen LogP contribution is -2.51. The van der Waals surface area contributed by atoms with Crippen LogP contribution in [-0.2, 0) is 24.4 Å². The van der Waals surface area contributed by atoms with Gasteiger partial charge < -0.3 is 15.5 Å². The molecule has 34 heavy (non-hydrogen) atoms. The van der Waals surface area contributed by atoms with Crippen LogP contribution in [0.25, 0.3) is 0 Å². The van der Waals surface area contributed by atoms with Crippen molar-refractivity contribution < 1.29 is 4.79 Å². The van der Waals surface area contributed by atoms with Crippen LogP contribution in [0.3, 0.4) is 0 Å². The largest absolute Gasteiger partial charge is 0.354 e. The number of carbonyl (C=O) groups excluding carboxylic acids is 1. The molecule has 0 radical (unpaired) electrons. The number of likely N-dealkylation sites (tertiary alicyclic amines) is 2. The van der Waals surface area contributed by atoms with E-state index in [1.807, 2.05) is 11.9 Å². The van der Waals surface area contributed by atoms with Gasteiger partial charge in [-0.1, -0.05) is 54.6 Å². The number of amides is 1. The Labute approximate surface area is 221 Å². The first-order chi connectivity index (χ1) is 16.1. The summed E-state index contributed by atoms with van der Waals surface area (Å²) in [4.78, 5) is 20.9. The highest BCUT2D eigenvalue weighted by molar-refractivity contribution is 14.0. The Hall–Kier alpha value is -2.13. The second kappa shape index (κ2) is 13.1. The molecule has 1 amide bonds. The Balaban J connectivity index is 0.00000324. The topological polar surface area (TPSA) is 60.0 Å². The summed E-state index contributed by atoms with van der Waals surface area (Å²) >= 11 is 0. The van der Waals surface area contributed by atoms with Crippen LogP contribution in [0.4, 0.5) is 0 Å². The van der Waals surface area contributed by atoms with Crippen LogP contribution >= 0.6 is 24.0 Å². The quantitative estimate of drug-likeness (QED) is 0.296. The first-order valence-corrected chi connectivity index (χ1v) is 12.2. The van der Waals surface area contributed by atoms with E-state index in [0.717, 1.165) is 44.9 Å². The van der Waals surface area contributed by atoms with Crippen molar-refractivity contribution in [3.05, 3.63) is 71.3 Å². The molecule has 6 nitrogen and oxygen atoms in total. The normalized spacial score (nSPS) is 21.3. The first-order valence-electron chi connectivity index (χ1n) is 12.2. The third kappa shape index (κ3) is 7.43. The summed E-state index contributed by atoms with van der Waals surface area (Å²) in [7, 11) is 1.83. The van der Waals surface area contributed by atoms with Crippen LogP contribution in [0.2, 0.25) is 0 Å². The minimum atomic E-state index is 0. The van der Waals surface area contributed by atoms with Crippen LogP contribution in [0, 0.1) is 0 Å². The number of benzene rings is 2. The number of carbonyl (C=O) groups is 1. The maximum absolute atomic E-state index is 11.9. The molecule has 0 saturated carbocycles. The van der Waals surface area contributed by atoms with E-state index in [1.54, 1.807) is 0 Å². The van der Waals surface area contributed by atoms with Crippen molar-refractivity contribution in [3.8, 4) is 0 Å². The molecule has 2 heterocycles. The molecule has 184 valence electrons. The summed E-state index contributed by atoms with van der Waals surface area (Å²) < 4.78 is 0. The molecule has 2 aliphatic heterocycles. The van der Waals surface area contributed by atoms with Crippen LogP contribution in [0.5, 0.6) is 0 Å². The first kappa shape index (κ1) is 26.5. The number of hydrogen-bond acceptors (Lipinski definition) is 3. The van der Waals surface area contributed by atoms with Gasteiger partial charge in [0.25, 0.3) is 0 Å². The van der Waals surface area contributed by atoms with Gasteiger partial charge in [-0.05, 0) is 42.9 Å². The maximum atomic E-state index is 11.9. The van der Waals surface area contributed by atoms with Crippen molar-refractivity contribution >= 4 is 35.8 Å². The molecule has 2 unspecified atom stereocenters. The van der Waals surface area contributed by atoms with Gasteiger partial charge in [0.15, 0.2) is 5.96 Å². The second-order valence-electron chi connectivity index (χ2n) is 9.34. The molecule has 0 aromatic heterocycles. The zero-order valence-electron chi connectivity index (χ0n) is 20.4. The number of halogens is 1. The standard InChI is InChI=1S/C27H37N5O.HI/c1-21-16-25(13-15-31(21)19-22-8-4-3-5-9-22)30-27(28-2)29-18-23-10-6-11-24(17-23)20-32-14-7-12-26(32)33;/h3-6,8-11,17,21,25H,7,12-16,18-20H2,1-2H3,(H2,28,29,30);1H. The third-order valence-electron chi connectivity index (χ3n) is 6.80. The lowest BCUT2D eigenvalue weighted by Gasteiger charge is -2.38. The molecule has 2 fully saturated rings. The van der Waals surface area contributed by atoms with E-state index in [2.05, 4.69) is 82.0 Å². The molecule has 2 saturated heterocycles. The molecule has 0 aliphatic carbocycles. The van der Waals surface area contributed by atoms with Crippen molar-refractivity contribution in [2.75, 3.05) is 20.1 Å². The number of piperidine rings is 1.